The van der Waals surface area contributed by atoms with Crippen molar-refractivity contribution in [1.29, 1.82) is 0 Å². The molecule has 3 aromatic rings. The molecule has 2 unspecified atom stereocenters. The van der Waals surface area contributed by atoms with Gasteiger partial charge in [-0.15, -0.1) is 11.3 Å². The maximum atomic E-state index is 2.51. The van der Waals surface area contributed by atoms with Crippen LogP contribution < -0.4 is 0 Å². The summed E-state index contributed by atoms with van der Waals surface area (Å²) in [6.45, 7) is 9.58. The molecule has 2 aliphatic heterocycles. The van der Waals surface area contributed by atoms with Crippen molar-refractivity contribution >= 4 is 30.7 Å². The van der Waals surface area contributed by atoms with E-state index < -0.39 is 8.07 Å². The molecule has 1 aromatic heterocycles. The van der Waals surface area contributed by atoms with Crippen LogP contribution in [0.15, 0.2) is 71.1 Å². The van der Waals surface area contributed by atoms with Crippen LogP contribution in [0.1, 0.15) is 44.6 Å². The van der Waals surface area contributed by atoms with Crippen molar-refractivity contribution in [2.24, 2.45) is 0 Å². The average molecular weight is 489 g/mol. The van der Waals surface area contributed by atoms with Gasteiger partial charge in [-0.2, -0.15) is 0 Å². The Morgan fingerprint density at radius 3 is 2.34 bits per heavy atom. The summed E-state index contributed by atoms with van der Waals surface area (Å²) < 4.78 is 0.654. The first kappa shape index (κ1) is 19.7. The fraction of sp³-hybridized carbons (Fsp3) is 0.231. The molecule has 7 rings (SSSR count). The zero-order chi connectivity index (χ0) is 20.3. The SMILES string of the molecule is CC1=C2c3sccc3C1[Si]2(C)C.CC1=Cc2c(-c3ccccc3)cccc2[CH]1[Zr]. The fourth-order valence-electron chi connectivity index (χ4n) is 5.53. The predicted molar refractivity (Wildman–Crippen MR) is 125 cm³/mol. The van der Waals surface area contributed by atoms with Gasteiger partial charge in [-0.3, -0.25) is 0 Å². The molecule has 29 heavy (non-hydrogen) atoms. The van der Waals surface area contributed by atoms with Gasteiger partial charge in [0.05, 0.1) is 8.07 Å². The van der Waals surface area contributed by atoms with E-state index in [0.29, 0.717) is 3.63 Å². The molecule has 143 valence electrons. The number of benzene rings is 2. The standard InChI is InChI=1S/C16H13.C10H12SSi.Zr/c1-12-10-14-8-5-9-15(16(14)11-12)13-6-3-2-4-7-13;1-6-9-7-4-5-11-8(7)10(6)12(9,2)3;/h2-11H,1H3;4-5,9H,1-3H3;. The molecule has 0 spiro atoms. The number of thiophene rings is 1. The van der Waals surface area contributed by atoms with Crippen LogP contribution >= 0.6 is 11.3 Å². The molecule has 3 heterocycles. The molecule has 0 fully saturated rings. The zero-order valence-electron chi connectivity index (χ0n) is 17.4. The van der Waals surface area contributed by atoms with E-state index in [1.807, 2.05) is 11.3 Å². The number of allylic oxidation sites excluding steroid dienone is 2. The molecule has 0 nitrogen and oxygen atoms in total. The summed E-state index contributed by atoms with van der Waals surface area (Å²) in [5.74, 6) is 0. The first-order chi connectivity index (χ1) is 13.9. The second-order valence-electron chi connectivity index (χ2n) is 8.91. The Labute approximate surface area is 194 Å². The van der Waals surface area contributed by atoms with Gasteiger partial charge >= 0.3 is 118 Å². The van der Waals surface area contributed by atoms with Gasteiger partial charge in [0.1, 0.15) is 0 Å². The van der Waals surface area contributed by atoms with Gasteiger partial charge in [0.15, 0.2) is 0 Å². The summed E-state index contributed by atoms with van der Waals surface area (Å²) in [5, 5.41) is 4.02. The van der Waals surface area contributed by atoms with E-state index in [4.69, 9.17) is 0 Å². The Bertz CT molecular complexity index is 1170. The molecule has 2 bridgehead atoms. The van der Waals surface area contributed by atoms with E-state index in [9.17, 15) is 0 Å². The zero-order valence-corrected chi connectivity index (χ0v) is 21.7. The summed E-state index contributed by atoms with van der Waals surface area (Å²) in [7, 11) is -0.972. The molecule has 0 N–H and O–H groups in total. The van der Waals surface area contributed by atoms with Gasteiger partial charge in [0.2, 0.25) is 0 Å². The van der Waals surface area contributed by atoms with Crippen LogP contribution in [0.5, 0.6) is 0 Å². The molecule has 0 amide bonds. The number of hydrogen-bond donors (Lipinski definition) is 0. The van der Waals surface area contributed by atoms with Crippen LogP contribution in [0.25, 0.3) is 22.4 Å². The van der Waals surface area contributed by atoms with Crippen LogP contribution in [-0.4, -0.2) is 8.07 Å². The van der Waals surface area contributed by atoms with Crippen molar-refractivity contribution in [3.8, 4) is 11.1 Å². The summed E-state index contributed by atoms with van der Waals surface area (Å²) >= 11 is 3.53. The van der Waals surface area contributed by atoms with Crippen molar-refractivity contribution in [2.75, 3.05) is 0 Å². The van der Waals surface area contributed by atoms with Crippen LogP contribution in [0.3, 0.4) is 0 Å². The monoisotopic (exact) mass is 487 g/mol. The quantitative estimate of drug-likeness (QED) is 0.307. The molecular weight excluding hydrogens is 464 g/mol. The predicted octanol–water partition coefficient (Wildman–Crippen LogP) is 7.78. The first-order valence-electron chi connectivity index (χ1n) is 10.3. The van der Waals surface area contributed by atoms with Gasteiger partial charge in [-0.25, -0.2) is 0 Å². The Balaban J connectivity index is 0.000000132. The van der Waals surface area contributed by atoms with Gasteiger partial charge in [-0.05, 0) is 29.1 Å². The average Bonchev–Trinajstić information content (AvgIpc) is 3.40. The molecule has 2 aromatic carbocycles. The van der Waals surface area contributed by atoms with Crippen LogP contribution in [0.2, 0.25) is 13.1 Å². The summed E-state index contributed by atoms with van der Waals surface area (Å²) in [5.41, 5.74) is 11.3. The summed E-state index contributed by atoms with van der Waals surface area (Å²) in [6.07, 6.45) is 2.36. The Morgan fingerprint density at radius 2 is 1.66 bits per heavy atom. The number of rotatable bonds is 1. The Kier molecular flexibility index (Phi) is 4.85. The molecule has 0 radical (unpaired) electrons. The van der Waals surface area contributed by atoms with Crippen molar-refractivity contribution in [3.63, 3.8) is 0 Å². The van der Waals surface area contributed by atoms with Gasteiger partial charge in [0, 0.05) is 10.4 Å². The van der Waals surface area contributed by atoms with E-state index in [1.54, 1.807) is 45.9 Å². The van der Waals surface area contributed by atoms with Crippen molar-refractivity contribution in [2.45, 2.75) is 36.1 Å². The van der Waals surface area contributed by atoms with E-state index in [-0.39, 0.29) is 0 Å². The second kappa shape index (κ2) is 7.15. The third-order valence-corrected chi connectivity index (χ3v) is 13.9. The normalized spacial score (nSPS) is 22.2. The maximum absolute atomic E-state index is 2.51. The molecule has 2 aliphatic carbocycles. The Morgan fingerprint density at radius 1 is 0.897 bits per heavy atom. The molecule has 4 aliphatic rings. The summed E-state index contributed by atoms with van der Waals surface area (Å²) in [4.78, 5) is 1.63. The summed E-state index contributed by atoms with van der Waals surface area (Å²) in [6, 6.07) is 19.7. The molecule has 2 atom stereocenters. The topological polar surface area (TPSA) is 0 Å². The second-order valence-corrected chi connectivity index (χ2v) is 15.8. The van der Waals surface area contributed by atoms with Crippen LogP contribution in [0, 0.1) is 0 Å². The minimum absolute atomic E-state index is 0.654. The van der Waals surface area contributed by atoms with Crippen molar-refractivity contribution in [3.05, 3.63) is 92.7 Å². The van der Waals surface area contributed by atoms with E-state index in [1.165, 1.54) is 27.8 Å². The molecule has 3 heteroatoms. The van der Waals surface area contributed by atoms with E-state index in [0.717, 1.165) is 5.54 Å². The third kappa shape index (κ3) is 2.92. The van der Waals surface area contributed by atoms with Crippen LogP contribution in [0.4, 0.5) is 0 Å². The van der Waals surface area contributed by atoms with Crippen molar-refractivity contribution in [1.82, 2.24) is 0 Å². The first-order valence-corrected chi connectivity index (χ1v) is 15.7. The van der Waals surface area contributed by atoms with Gasteiger partial charge < -0.3 is 0 Å². The van der Waals surface area contributed by atoms with Gasteiger partial charge in [0.25, 0.3) is 0 Å². The van der Waals surface area contributed by atoms with Crippen molar-refractivity contribution < 1.29 is 24.7 Å². The van der Waals surface area contributed by atoms with E-state index >= 15 is 0 Å². The fourth-order valence-corrected chi connectivity index (χ4v) is 12.6. The number of fused-ring (bicyclic) bond motifs is 1. The number of hydrogen-bond acceptors (Lipinski definition) is 1. The third-order valence-electron chi connectivity index (χ3n) is 6.79. The minimum atomic E-state index is -0.972. The van der Waals surface area contributed by atoms with Crippen LogP contribution in [-0.2, 0) is 24.7 Å². The van der Waals surface area contributed by atoms with E-state index in [2.05, 4.69) is 93.0 Å². The van der Waals surface area contributed by atoms with Gasteiger partial charge in [-0.1, -0.05) is 18.7 Å². The molecular formula is C26H25SSiZr. The molecule has 0 saturated carbocycles. The Hall–Kier alpha value is -1.28. The molecule has 0 saturated heterocycles.